The van der Waals surface area contributed by atoms with Crippen LogP contribution < -0.4 is 5.01 Å². The van der Waals surface area contributed by atoms with Crippen molar-refractivity contribution in [1.29, 1.82) is 0 Å². The van der Waals surface area contributed by atoms with Crippen molar-refractivity contribution in [2.75, 3.05) is 18.2 Å². The Morgan fingerprint density at radius 3 is 3.08 bits per heavy atom. The van der Waals surface area contributed by atoms with Gasteiger partial charge in [0.25, 0.3) is 5.91 Å². The molecular weight excluding hydrogens is 348 g/mol. The number of thiazole rings is 1. The Kier molecular flexibility index (Phi) is 5.08. The highest BCUT2D eigenvalue weighted by Crippen LogP contribution is 2.32. The smallest absolute Gasteiger partial charge is 0.263 e. The molecule has 136 valence electrons. The average molecular weight is 370 g/mol. The monoisotopic (exact) mass is 370 g/mol. The minimum atomic E-state index is -0.386. The molecule has 2 aliphatic rings. The number of carbonyl (C=O) groups excluding carboxylic acids is 1. The van der Waals surface area contributed by atoms with Crippen LogP contribution in [-0.2, 0) is 9.53 Å². The van der Waals surface area contributed by atoms with E-state index in [4.69, 9.17) is 4.74 Å². The minimum absolute atomic E-state index is 0.0661. The van der Waals surface area contributed by atoms with Crippen molar-refractivity contribution in [2.45, 2.75) is 38.7 Å². The molecule has 3 heterocycles. The standard InChI is InChI=1S/C19H22N4O2S/c1-2-6-15-14(12-20-11-13-7-5-10-25-13)18(24)23(22-15)19-21-16-8-3-4-9-17(16)26-19/h3-4,8-9,12-14H,2,5-7,10-11H2,1H3/t13-,14+/m0/s1. The zero-order chi connectivity index (χ0) is 17.9. The molecule has 1 aromatic carbocycles. The predicted molar refractivity (Wildman–Crippen MR) is 105 cm³/mol. The number of hydrogen-bond acceptors (Lipinski definition) is 6. The molecule has 0 aliphatic carbocycles. The Morgan fingerprint density at radius 1 is 1.42 bits per heavy atom. The summed E-state index contributed by atoms with van der Waals surface area (Å²) in [4.78, 5) is 22.0. The van der Waals surface area contributed by atoms with Gasteiger partial charge in [-0.05, 0) is 31.4 Å². The lowest BCUT2D eigenvalue weighted by Crippen LogP contribution is -2.28. The first-order chi connectivity index (χ1) is 12.8. The molecular formula is C19H22N4O2S. The molecule has 1 amide bonds. The number of anilines is 1. The Hall–Kier alpha value is -2.12. The average Bonchev–Trinajstić information content (AvgIpc) is 3.36. The molecule has 7 heteroatoms. The molecule has 0 N–H and O–H groups in total. The zero-order valence-electron chi connectivity index (χ0n) is 14.8. The van der Waals surface area contributed by atoms with E-state index in [1.807, 2.05) is 24.3 Å². The second-order valence-electron chi connectivity index (χ2n) is 6.58. The van der Waals surface area contributed by atoms with Crippen molar-refractivity contribution in [3.8, 4) is 0 Å². The highest BCUT2D eigenvalue weighted by Gasteiger charge is 2.36. The summed E-state index contributed by atoms with van der Waals surface area (Å²) in [5.41, 5.74) is 1.76. The van der Waals surface area contributed by atoms with E-state index in [0.29, 0.717) is 11.7 Å². The summed E-state index contributed by atoms with van der Waals surface area (Å²) < 4.78 is 6.65. The maximum atomic E-state index is 13.0. The lowest BCUT2D eigenvalue weighted by molar-refractivity contribution is -0.118. The molecule has 1 saturated heterocycles. The number of nitrogens with zero attached hydrogens (tertiary/aromatic N) is 4. The number of hydrazone groups is 1. The highest BCUT2D eigenvalue weighted by molar-refractivity contribution is 7.22. The zero-order valence-corrected chi connectivity index (χ0v) is 15.6. The number of aliphatic imine (C=N–C) groups is 1. The highest BCUT2D eigenvalue weighted by atomic mass is 32.1. The van der Waals surface area contributed by atoms with Crippen LogP contribution in [-0.4, -0.2) is 42.1 Å². The topological polar surface area (TPSA) is 67.2 Å². The molecule has 1 aromatic heterocycles. The van der Waals surface area contributed by atoms with Gasteiger partial charge in [-0.1, -0.05) is 36.8 Å². The van der Waals surface area contributed by atoms with Gasteiger partial charge >= 0.3 is 0 Å². The number of fused-ring (bicyclic) bond motifs is 1. The van der Waals surface area contributed by atoms with Crippen LogP contribution >= 0.6 is 11.3 Å². The number of carbonyl (C=O) groups is 1. The first-order valence-corrected chi connectivity index (χ1v) is 9.96. The third kappa shape index (κ3) is 3.41. The van der Waals surface area contributed by atoms with Gasteiger partial charge in [-0.3, -0.25) is 9.79 Å². The largest absolute Gasteiger partial charge is 0.376 e. The lowest BCUT2D eigenvalue weighted by atomic mass is 10.0. The summed E-state index contributed by atoms with van der Waals surface area (Å²) in [5, 5.41) is 6.66. The van der Waals surface area contributed by atoms with Crippen molar-refractivity contribution < 1.29 is 9.53 Å². The molecule has 0 radical (unpaired) electrons. The maximum Gasteiger partial charge on any atom is 0.263 e. The van der Waals surface area contributed by atoms with Crippen LogP contribution in [0.15, 0.2) is 34.4 Å². The van der Waals surface area contributed by atoms with Gasteiger partial charge in [0, 0.05) is 12.8 Å². The Bertz CT molecular complexity index is 821. The minimum Gasteiger partial charge on any atom is -0.376 e. The first-order valence-electron chi connectivity index (χ1n) is 9.14. The van der Waals surface area contributed by atoms with Crippen LogP contribution in [0.2, 0.25) is 0 Å². The van der Waals surface area contributed by atoms with E-state index in [-0.39, 0.29) is 17.9 Å². The number of amides is 1. The van der Waals surface area contributed by atoms with E-state index in [2.05, 4.69) is 22.0 Å². The summed E-state index contributed by atoms with van der Waals surface area (Å²) in [6.45, 7) is 3.52. The molecule has 26 heavy (non-hydrogen) atoms. The van der Waals surface area contributed by atoms with E-state index in [9.17, 15) is 4.79 Å². The van der Waals surface area contributed by atoms with Gasteiger partial charge in [0.1, 0.15) is 5.92 Å². The van der Waals surface area contributed by atoms with E-state index in [1.54, 1.807) is 6.21 Å². The third-order valence-electron chi connectivity index (χ3n) is 4.62. The van der Waals surface area contributed by atoms with E-state index < -0.39 is 0 Å². The summed E-state index contributed by atoms with van der Waals surface area (Å²) in [6.07, 6.45) is 5.81. The van der Waals surface area contributed by atoms with Crippen LogP contribution in [0.25, 0.3) is 10.2 Å². The molecule has 0 saturated carbocycles. The van der Waals surface area contributed by atoms with Gasteiger partial charge in [0.05, 0.1) is 28.6 Å². The fourth-order valence-electron chi connectivity index (χ4n) is 3.29. The lowest BCUT2D eigenvalue weighted by Gasteiger charge is -2.09. The Balaban J connectivity index is 1.54. The molecule has 1 fully saturated rings. The second-order valence-corrected chi connectivity index (χ2v) is 7.59. The van der Waals surface area contributed by atoms with E-state index >= 15 is 0 Å². The number of aromatic nitrogens is 1. The van der Waals surface area contributed by atoms with Gasteiger partial charge in [0.15, 0.2) is 0 Å². The summed E-state index contributed by atoms with van der Waals surface area (Å²) in [6, 6.07) is 7.88. The molecule has 0 bridgehead atoms. The fraction of sp³-hybridized carbons (Fsp3) is 0.474. The SMILES string of the molecule is CCCC1=NN(c2nc3ccccc3s2)C(=O)[C@@H]1C=NC[C@@H]1CCCO1. The molecule has 2 aromatic rings. The Morgan fingerprint density at radius 2 is 2.31 bits per heavy atom. The van der Waals surface area contributed by atoms with Crippen molar-refractivity contribution >= 4 is 44.5 Å². The van der Waals surface area contributed by atoms with Gasteiger partial charge in [0.2, 0.25) is 5.13 Å². The van der Waals surface area contributed by atoms with Crippen molar-refractivity contribution in [2.24, 2.45) is 16.0 Å². The number of hydrogen-bond donors (Lipinski definition) is 0. The molecule has 2 atom stereocenters. The van der Waals surface area contributed by atoms with E-state index in [1.165, 1.54) is 16.3 Å². The second kappa shape index (κ2) is 7.63. The molecule has 4 rings (SSSR count). The number of para-hydroxylation sites is 1. The normalized spacial score (nSPS) is 23.5. The van der Waals surface area contributed by atoms with Crippen LogP contribution in [0.1, 0.15) is 32.6 Å². The quantitative estimate of drug-likeness (QED) is 0.729. The van der Waals surface area contributed by atoms with Gasteiger partial charge in [-0.25, -0.2) is 4.98 Å². The number of benzene rings is 1. The van der Waals surface area contributed by atoms with Gasteiger partial charge < -0.3 is 4.74 Å². The predicted octanol–water partition coefficient (Wildman–Crippen LogP) is 3.67. The van der Waals surface area contributed by atoms with Crippen LogP contribution in [0.4, 0.5) is 5.13 Å². The molecule has 2 aliphatic heterocycles. The molecule has 0 unspecified atom stereocenters. The first kappa shape index (κ1) is 17.3. The summed E-state index contributed by atoms with van der Waals surface area (Å²) in [7, 11) is 0. The van der Waals surface area contributed by atoms with Crippen molar-refractivity contribution in [3.63, 3.8) is 0 Å². The number of ether oxygens (including phenoxy) is 1. The molecule has 0 spiro atoms. The van der Waals surface area contributed by atoms with Crippen LogP contribution in [0.3, 0.4) is 0 Å². The van der Waals surface area contributed by atoms with Gasteiger partial charge in [-0.15, -0.1) is 0 Å². The summed E-state index contributed by atoms with van der Waals surface area (Å²) >= 11 is 1.49. The summed E-state index contributed by atoms with van der Waals surface area (Å²) in [5.74, 6) is -0.452. The van der Waals surface area contributed by atoms with Crippen LogP contribution in [0.5, 0.6) is 0 Å². The van der Waals surface area contributed by atoms with Crippen molar-refractivity contribution in [1.82, 2.24) is 4.98 Å². The van der Waals surface area contributed by atoms with Crippen LogP contribution in [0, 0.1) is 5.92 Å². The fourth-order valence-corrected chi connectivity index (χ4v) is 4.21. The van der Waals surface area contributed by atoms with E-state index in [0.717, 1.165) is 48.2 Å². The molecule has 6 nitrogen and oxygen atoms in total. The maximum absolute atomic E-state index is 13.0. The van der Waals surface area contributed by atoms with Crippen molar-refractivity contribution in [3.05, 3.63) is 24.3 Å². The Labute approximate surface area is 156 Å². The van der Waals surface area contributed by atoms with Gasteiger partial charge in [-0.2, -0.15) is 10.1 Å². The third-order valence-corrected chi connectivity index (χ3v) is 5.63. The number of rotatable bonds is 6.